The van der Waals surface area contributed by atoms with Gasteiger partial charge in [0.25, 0.3) is 0 Å². The Labute approximate surface area is 201 Å². The molecule has 5 nitrogen and oxygen atoms in total. The standard InChI is InChI=1S/C26H23ClN4OS/c1-14-21-22(15-8-10-16(27)11-9-15)23-18(12-26(2,3)13-19(23)32)28-24(21)31(30-14)25-29-17-6-4-5-7-20(17)33-25/h4-11,22,28H,12-13H2,1-3H3/t22-/m1/s1. The van der Waals surface area contributed by atoms with Crippen LogP contribution in [0.15, 0.2) is 59.8 Å². The van der Waals surface area contributed by atoms with Gasteiger partial charge in [0.15, 0.2) is 5.78 Å². The summed E-state index contributed by atoms with van der Waals surface area (Å²) >= 11 is 7.81. The number of Topliss-reactive ketones (excluding diaryl/α,β-unsaturated/α-hetero) is 1. The molecule has 0 unspecified atom stereocenters. The number of benzene rings is 2. The highest BCUT2D eigenvalue weighted by Gasteiger charge is 2.43. The molecule has 2 aromatic carbocycles. The van der Waals surface area contributed by atoms with Gasteiger partial charge in [-0.05, 0) is 48.6 Å². The summed E-state index contributed by atoms with van der Waals surface area (Å²) < 4.78 is 3.03. The number of allylic oxidation sites excluding steroid dienone is 2. The fraction of sp³-hybridized carbons (Fsp3) is 0.269. The number of hydrogen-bond donors (Lipinski definition) is 1. The number of nitrogens with one attached hydrogen (secondary N) is 1. The summed E-state index contributed by atoms with van der Waals surface area (Å²) in [6.45, 7) is 6.31. The Hall–Kier alpha value is -2.96. The number of halogens is 1. The van der Waals surface area contributed by atoms with Gasteiger partial charge in [-0.15, -0.1) is 0 Å². The quantitative estimate of drug-likeness (QED) is 0.353. The van der Waals surface area contributed by atoms with Crippen LogP contribution in [-0.4, -0.2) is 20.5 Å². The van der Waals surface area contributed by atoms with E-state index < -0.39 is 0 Å². The SMILES string of the molecule is Cc1nn(-c2nc3ccccc3s2)c2c1[C@@H](c1ccc(Cl)cc1)C1=C(CC(C)(C)CC1=O)N2. The first kappa shape index (κ1) is 20.6. The van der Waals surface area contributed by atoms with Gasteiger partial charge in [0.2, 0.25) is 5.13 Å². The van der Waals surface area contributed by atoms with Gasteiger partial charge in [-0.2, -0.15) is 9.78 Å². The summed E-state index contributed by atoms with van der Waals surface area (Å²) in [5, 5.41) is 10.0. The summed E-state index contributed by atoms with van der Waals surface area (Å²) in [5.41, 5.74) is 5.68. The van der Waals surface area contributed by atoms with E-state index >= 15 is 0 Å². The van der Waals surface area contributed by atoms with Crippen molar-refractivity contribution in [1.29, 1.82) is 0 Å². The first-order valence-electron chi connectivity index (χ1n) is 11.0. The summed E-state index contributed by atoms with van der Waals surface area (Å²) in [6, 6.07) is 15.9. The smallest absolute Gasteiger partial charge is 0.213 e. The lowest BCUT2D eigenvalue weighted by molar-refractivity contribution is -0.118. The summed E-state index contributed by atoms with van der Waals surface area (Å²) in [4.78, 5) is 18.3. The van der Waals surface area contributed by atoms with Gasteiger partial charge in [0, 0.05) is 34.2 Å². The first-order valence-corrected chi connectivity index (χ1v) is 12.2. The van der Waals surface area contributed by atoms with Crippen LogP contribution in [0.1, 0.15) is 49.4 Å². The largest absolute Gasteiger partial charge is 0.343 e. The third-order valence-electron chi connectivity index (χ3n) is 6.54. The van der Waals surface area contributed by atoms with E-state index in [0.717, 1.165) is 55.7 Å². The van der Waals surface area contributed by atoms with Crippen molar-refractivity contribution >= 4 is 44.8 Å². The van der Waals surface area contributed by atoms with Crippen LogP contribution in [0.2, 0.25) is 5.02 Å². The highest BCUT2D eigenvalue weighted by molar-refractivity contribution is 7.20. The van der Waals surface area contributed by atoms with Crippen LogP contribution in [0, 0.1) is 12.3 Å². The van der Waals surface area contributed by atoms with Crippen LogP contribution in [0.25, 0.3) is 15.3 Å². The number of fused-ring (bicyclic) bond motifs is 2. The monoisotopic (exact) mass is 474 g/mol. The number of aromatic nitrogens is 3. The van der Waals surface area contributed by atoms with Crippen molar-refractivity contribution in [2.24, 2.45) is 5.41 Å². The molecule has 3 heterocycles. The molecular formula is C26H23ClN4OS. The average molecular weight is 475 g/mol. The Morgan fingerprint density at radius 1 is 1.12 bits per heavy atom. The molecule has 1 N–H and O–H groups in total. The summed E-state index contributed by atoms with van der Waals surface area (Å²) in [6.07, 6.45) is 1.35. The van der Waals surface area contributed by atoms with E-state index in [1.807, 2.05) is 54.1 Å². The number of para-hydroxylation sites is 1. The zero-order valence-corrected chi connectivity index (χ0v) is 20.2. The lowest BCUT2D eigenvalue weighted by Gasteiger charge is -2.38. The van der Waals surface area contributed by atoms with E-state index in [0.29, 0.717) is 11.4 Å². The molecule has 1 atom stereocenters. The second-order valence-corrected chi connectivity index (χ2v) is 11.1. The van der Waals surface area contributed by atoms with E-state index in [1.54, 1.807) is 11.3 Å². The van der Waals surface area contributed by atoms with Crippen LogP contribution < -0.4 is 5.32 Å². The Bertz CT molecular complexity index is 1430. The number of rotatable bonds is 2. The molecule has 7 heteroatoms. The minimum atomic E-state index is -0.180. The van der Waals surface area contributed by atoms with Crippen LogP contribution >= 0.6 is 22.9 Å². The highest BCUT2D eigenvalue weighted by Crippen LogP contribution is 2.50. The maximum Gasteiger partial charge on any atom is 0.213 e. The number of carbonyl (C=O) groups excluding carboxylic acids is 1. The molecule has 1 aliphatic carbocycles. The molecule has 0 spiro atoms. The van der Waals surface area contributed by atoms with Crippen molar-refractivity contribution in [2.75, 3.05) is 5.32 Å². The molecule has 0 bridgehead atoms. The minimum absolute atomic E-state index is 0.0965. The molecule has 1 aliphatic heterocycles. The molecule has 0 radical (unpaired) electrons. The Morgan fingerprint density at radius 2 is 1.88 bits per heavy atom. The molecule has 0 saturated heterocycles. The van der Waals surface area contributed by atoms with Crippen molar-refractivity contribution in [3.05, 3.63) is 81.6 Å². The number of nitrogens with zero attached hydrogens (tertiary/aromatic N) is 3. The molecule has 0 fully saturated rings. The van der Waals surface area contributed by atoms with Crippen molar-refractivity contribution in [3.63, 3.8) is 0 Å². The minimum Gasteiger partial charge on any atom is -0.343 e. The fourth-order valence-electron chi connectivity index (χ4n) is 5.15. The molecule has 2 aliphatic rings. The zero-order chi connectivity index (χ0) is 22.9. The number of ketones is 1. The van der Waals surface area contributed by atoms with Gasteiger partial charge in [-0.1, -0.05) is 61.1 Å². The molecule has 6 rings (SSSR count). The highest BCUT2D eigenvalue weighted by atomic mass is 35.5. The Morgan fingerprint density at radius 3 is 2.64 bits per heavy atom. The maximum absolute atomic E-state index is 13.4. The fourth-order valence-corrected chi connectivity index (χ4v) is 6.20. The van der Waals surface area contributed by atoms with Crippen molar-refractivity contribution in [2.45, 2.75) is 39.5 Å². The van der Waals surface area contributed by atoms with Gasteiger partial charge in [-0.3, -0.25) is 4.79 Å². The lowest BCUT2D eigenvalue weighted by atomic mass is 9.69. The predicted octanol–water partition coefficient (Wildman–Crippen LogP) is 6.64. The Balaban J connectivity index is 1.58. The molecule has 0 saturated carbocycles. The second-order valence-electron chi connectivity index (χ2n) is 9.67. The van der Waals surface area contributed by atoms with Crippen molar-refractivity contribution < 1.29 is 4.79 Å². The van der Waals surface area contributed by atoms with E-state index in [2.05, 4.69) is 25.2 Å². The average Bonchev–Trinajstić information content (AvgIpc) is 3.33. The van der Waals surface area contributed by atoms with Crippen LogP contribution in [0.4, 0.5) is 5.82 Å². The number of carbonyl (C=O) groups is 1. The number of anilines is 1. The van der Waals surface area contributed by atoms with Crippen molar-refractivity contribution in [1.82, 2.24) is 14.8 Å². The van der Waals surface area contributed by atoms with Crippen LogP contribution in [0.3, 0.4) is 0 Å². The second kappa shape index (κ2) is 7.27. The third kappa shape index (κ3) is 3.31. The van der Waals surface area contributed by atoms with Gasteiger partial charge >= 0.3 is 0 Å². The van der Waals surface area contributed by atoms with Crippen LogP contribution in [0.5, 0.6) is 0 Å². The lowest BCUT2D eigenvalue weighted by Crippen LogP contribution is -2.34. The molecule has 33 heavy (non-hydrogen) atoms. The third-order valence-corrected chi connectivity index (χ3v) is 7.80. The van der Waals surface area contributed by atoms with Gasteiger partial charge in [0.1, 0.15) is 5.82 Å². The summed E-state index contributed by atoms with van der Waals surface area (Å²) in [5.74, 6) is 0.919. The predicted molar refractivity (Wildman–Crippen MR) is 133 cm³/mol. The molecule has 166 valence electrons. The molecule has 2 aromatic heterocycles. The van der Waals surface area contributed by atoms with E-state index in [1.165, 1.54) is 0 Å². The number of hydrogen-bond acceptors (Lipinski definition) is 5. The topological polar surface area (TPSA) is 59.8 Å². The van der Waals surface area contributed by atoms with E-state index in [-0.39, 0.29) is 17.1 Å². The number of thiazole rings is 1. The van der Waals surface area contributed by atoms with E-state index in [4.69, 9.17) is 21.7 Å². The van der Waals surface area contributed by atoms with Gasteiger partial charge < -0.3 is 5.32 Å². The first-order chi connectivity index (χ1) is 15.8. The van der Waals surface area contributed by atoms with E-state index in [9.17, 15) is 4.79 Å². The van der Waals surface area contributed by atoms with Gasteiger partial charge in [-0.25, -0.2) is 4.98 Å². The Kier molecular flexibility index (Phi) is 4.55. The molecule has 0 amide bonds. The molecular weight excluding hydrogens is 452 g/mol. The van der Waals surface area contributed by atoms with Crippen LogP contribution in [-0.2, 0) is 4.79 Å². The zero-order valence-electron chi connectivity index (χ0n) is 18.6. The summed E-state index contributed by atoms with van der Waals surface area (Å²) in [7, 11) is 0. The van der Waals surface area contributed by atoms with Crippen molar-refractivity contribution in [3.8, 4) is 5.13 Å². The molecule has 4 aromatic rings. The normalized spacial score (nSPS) is 19.4. The van der Waals surface area contributed by atoms with Gasteiger partial charge in [0.05, 0.1) is 15.9 Å². The maximum atomic E-state index is 13.4. The number of aryl methyl sites for hydroxylation is 1.